The number of nitrogens with zero attached hydrogens (tertiary/aromatic N) is 2. The van der Waals surface area contributed by atoms with E-state index in [1.807, 2.05) is 47.2 Å². The fraction of sp³-hybridized carbons (Fsp3) is 0.211. The lowest BCUT2D eigenvalue weighted by atomic mass is 10.2. The molecule has 2 amide bonds. The van der Waals surface area contributed by atoms with Crippen molar-refractivity contribution in [3.05, 3.63) is 57.7 Å². The van der Waals surface area contributed by atoms with E-state index in [9.17, 15) is 14.4 Å². The molecule has 1 aliphatic heterocycles. The van der Waals surface area contributed by atoms with Crippen LogP contribution in [0, 0.1) is 0 Å². The minimum atomic E-state index is -0.957. The molecule has 1 aromatic heterocycles. The summed E-state index contributed by atoms with van der Waals surface area (Å²) in [6.07, 6.45) is 3.53. The summed E-state index contributed by atoms with van der Waals surface area (Å²) in [5.74, 6) is -1.09. The third-order valence-electron chi connectivity index (χ3n) is 4.00. The average Bonchev–Trinajstić information content (AvgIpc) is 3.20. The van der Waals surface area contributed by atoms with Gasteiger partial charge in [-0.3, -0.25) is 14.5 Å². The molecule has 140 valence electrons. The fourth-order valence-corrected chi connectivity index (χ4v) is 3.82. The van der Waals surface area contributed by atoms with Crippen molar-refractivity contribution in [2.45, 2.75) is 19.9 Å². The SMILES string of the molecule is CCOC(=O)[C@H](C)N1C(=O)S/C(=C/c2cccn2-c2ccc(Br)cc2)C1=O. The molecular weight excluding hydrogens is 432 g/mol. The number of hydrogen-bond donors (Lipinski definition) is 0. The Bertz CT molecular complexity index is 920. The Kier molecular flexibility index (Phi) is 5.86. The summed E-state index contributed by atoms with van der Waals surface area (Å²) in [6.45, 7) is 3.35. The summed E-state index contributed by atoms with van der Waals surface area (Å²) in [4.78, 5) is 38.1. The highest BCUT2D eigenvalue weighted by Gasteiger charge is 2.41. The van der Waals surface area contributed by atoms with E-state index in [4.69, 9.17) is 4.74 Å². The van der Waals surface area contributed by atoms with E-state index in [0.717, 1.165) is 32.5 Å². The molecule has 2 heterocycles. The van der Waals surface area contributed by atoms with Gasteiger partial charge < -0.3 is 9.30 Å². The first kappa shape index (κ1) is 19.4. The molecule has 3 rings (SSSR count). The van der Waals surface area contributed by atoms with Gasteiger partial charge in [0.05, 0.1) is 11.5 Å². The molecule has 0 N–H and O–H groups in total. The molecule has 0 spiro atoms. The van der Waals surface area contributed by atoms with E-state index in [1.54, 1.807) is 13.0 Å². The average molecular weight is 449 g/mol. The van der Waals surface area contributed by atoms with Crippen LogP contribution < -0.4 is 0 Å². The van der Waals surface area contributed by atoms with Crippen LogP contribution in [0.2, 0.25) is 0 Å². The number of thioether (sulfide) groups is 1. The molecule has 1 aromatic carbocycles. The van der Waals surface area contributed by atoms with Gasteiger partial charge in [-0.25, -0.2) is 4.79 Å². The maximum absolute atomic E-state index is 12.7. The van der Waals surface area contributed by atoms with Gasteiger partial charge in [-0.1, -0.05) is 15.9 Å². The highest BCUT2D eigenvalue weighted by molar-refractivity contribution is 9.10. The van der Waals surface area contributed by atoms with E-state index in [0.29, 0.717) is 0 Å². The molecule has 1 atom stereocenters. The monoisotopic (exact) mass is 448 g/mol. The Balaban J connectivity index is 1.88. The molecule has 1 saturated heterocycles. The summed E-state index contributed by atoms with van der Waals surface area (Å²) in [5, 5.41) is -0.478. The largest absolute Gasteiger partial charge is 0.464 e. The number of carbonyl (C=O) groups excluding carboxylic acids is 3. The fourth-order valence-electron chi connectivity index (χ4n) is 2.66. The van der Waals surface area contributed by atoms with Gasteiger partial charge in [0.15, 0.2) is 0 Å². The van der Waals surface area contributed by atoms with E-state index in [-0.39, 0.29) is 11.5 Å². The molecule has 0 radical (unpaired) electrons. The normalized spacial score (nSPS) is 16.9. The van der Waals surface area contributed by atoms with Crippen molar-refractivity contribution in [3.8, 4) is 5.69 Å². The minimum Gasteiger partial charge on any atom is -0.464 e. The van der Waals surface area contributed by atoms with Crippen molar-refractivity contribution < 1.29 is 19.1 Å². The van der Waals surface area contributed by atoms with Crippen LogP contribution >= 0.6 is 27.7 Å². The quantitative estimate of drug-likeness (QED) is 0.505. The lowest BCUT2D eigenvalue weighted by molar-refractivity contribution is -0.150. The maximum Gasteiger partial charge on any atom is 0.329 e. The molecule has 6 nitrogen and oxygen atoms in total. The molecule has 0 aliphatic carbocycles. The van der Waals surface area contributed by atoms with Crippen molar-refractivity contribution in [3.63, 3.8) is 0 Å². The molecule has 0 saturated carbocycles. The first-order valence-electron chi connectivity index (χ1n) is 8.29. The molecule has 0 unspecified atom stereocenters. The minimum absolute atomic E-state index is 0.190. The van der Waals surface area contributed by atoms with Crippen LogP contribution in [0.5, 0.6) is 0 Å². The van der Waals surface area contributed by atoms with Crippen LogP contribution in [0.3, 0.4) is 0 Å². The van der Waals surface area contributed by atoms with Gasteiger partial charge in [-0.15, -0.1) is 0 Å². The third-order valence-corrected chi connectivity index (χ3v) is 5.41. The van der Waals surface area contributed by atoms with Gasteiger partial charge in [0.2, 0.25) is 0 Å². The number of carbonyl (C=O) groups is 3. The summed E-state index contributed by atoms with van der Waals surface area (Å²) >= 11 is 4.23. The van der Waals surface area contributed by atoms with Crippen LogP contribution in [0.4, 0.5) is 4.79 Å². The van der Waals surface area contributed by atoms with Crippen molar-refractivity contribution in [2.24, 2.45) is 0 Å². The summed E-state index contributed by atoms with van der Waals surface area (Å²) in [7, 11) is 0. The zero-order valence-corrected chi connectivity index (χ0v) is 17.1. The van der Waals surface area contributed by atoms with Crippen molar-refractivity contribution in [1.29, 1.82) is 0 Å². The Morgan fingerprint density at radius 1 is 1.26 bits per heavy atom. The number of amides is 2. The lowest BCUT2D eigenvalue weighted by Gasteiger charge is -2.19. The summed E-state index contributed by atoms with van der Waals surface area (Å²) < 4.78 is 7.80. The van der Waals surface area contributed by atoms with E-state index in [1.165, 1.54) is 6.92 Å². The van der Waals surface area contributed by atoms with Gasteiger partial charge in [0.25, 0.3) is 11.1 Å². The number of esters is 1. The molecule has 0 bridgehead atoms. The Morgan fingerprint density at radius 2 is 1.96 bits per heavy atom. The smallest absolute Gasteiger partial charge is 0.329 e. The highest BCUT2D eigenvalue weighted by atomic mass is 79.9. The highest BCUT2D eigenvalue weighted by Crippen LogP contribution is 2.34. The number of halogens is 1. The standard InChI is InChI=1S/C19H17BrN2O4S/c1-3-26-18(24)12(2)22-17(23)16(27-19(22)25)11-15-5-4-10-21(15)14-8-6-13(20)7-9-14/h4-12H,3H2,1-2H3/b16-11+/t12-/m0/s1. The first-order valence-corrected chi connectivity index (χ1v) is 9.90. The number of rotatable bonds is 5. The third kappa shape index (κ3) is 4.01. The molecule has 1 fully saturated rings. The second kappa shape index (κ2) is 8.14. The molecule has 1 aliphatic rings. The second-order valence-electron chi connectivity index (χ2n) is 5.76. The maximum atomic E-state index is 12.7. The molecule has 8 heteroatoms. The number of benzene rings is 1. The number of imide groups is 1. The number of hydrogen-bond acceptors (Lipinski definition) is 5. The van der Waals surface area contributed by atoms with Crippen LogP contribution in [0.15, 0.2) is 52.0 Å². The van der Waals surface area contributed by atoms with E-state index >= 15 is 0 Å². The van der Waals surface area contributed by atoms with Gasteiger partial charge in [-0.05, 0) is 68.1 Å². The molecular formula is C19H17BrN2O4S. The number of ether oxygens (including phenoxy) is 1. The van der Waals surface area contributed by atoms with Gasteiger partial charge >= 0.3 is 5.97 Å². The van der Waals surface area contributed by atoms with Crippen molar-refractivity contribution in [1.82, 2.24) is 9.47 Å². The van der Waals surface area contributed by atoms with E-state index in [2.05, 4.69) is 15.9 Å². The first-order chi connectivity index (χ1) is 12.9. The lowest BCUT2D eigenvalue weighted by Crippen LogP contribution is -2.42. The Hall–Kier alpha value is -2.32. The summed E-state index contributed by atoms with van der Waals surface area (Å²) in [6, 6.07) is 10.5. The Labute approximate surface area is 169 Å². The predicted molar refractivity (Wildman–Crippen MR) is 107 cm³/mol. The van der Waals surface area contributed by atoms with E-state index < -0.39 is 23.2 Å². The predicted octanol–water partition coefficient (Wildman–Crippen LogP) is 4.23. The number of aromatic nitrogens is 1. The van der Waals surface area contributed by atoms with Gasteiger partial charge in [-0.2, -0.15) is 0 Å². The van der Waals surface area contributed by atoms with Crippen LogP contribution in [-0.2, 0) is 14.3 Å². The Morgan fingerprint density at radius 3 is 2.63 bits per heavy atom. The topological polar surface area (TPSA) is 68.6 Å². The molecule has 2 aromatic rings. The van der Waals surface area contributed by atoms with Crippen LogP contribution in [0.1, 0.15) is 19.5 Å². The zero-order chi connectivity index (χ0) is 19.6. The van der Waals surface area contributed by atoms with Gasteiger partial charge in [0, 0.05) is 22.1 Å². The van der Waals surface area contributed by atoms with Crippen molar-refractivity contribution in [2.75, 3.05) is 6.61 Å². The van der Waals surface area contributed by atoms with Gasteiger partial charge in [0.1, 0.15) is 6.04 Å². The zero-order valence-electron chi connectivity index (χ0n) is 14.7. The molecule has 27 heavy (non-hydrogen) atoms. The van der Waals surface area contributed by atoms with Crippen LogP contribution in [0.25, 0.3) is 11.8 Å². The summed E-state index contributed by atoms with van der Waals surface area (Å²) in [5.41, 5.74) is 1.68. The second-order valence-corrected chi connectivity index (χ2v) is 7.67. The van der Waals surface area contributed by atoms with Crippen LogP contribution in [-0.4, -0.2) is 39.2 Å². The van der Waals surface area contributed by atoms with Crippen molar-refractivity contribution >= 4 is 50.9 Å².